The lowest BCUT2D eigenvalue weighted by Crippen LogP contribution is -2.13. The van der Waals surface area contributed by atoms with E-state index in [0.717, 1.165) is 5.56 Å². The van der Waals surface area contributed by atoms with Crippen molar-refractivity contribution in [2.75, 3.05) is 18.5 Å². The molecule has 8 heteroatoms. The molecule has 3 rings (SSSR count). The number of hydrogen-bond acceptors (Lipinski definition) is 5. The van der Waals surface area contributed by atoms with Crippen molar-refractivity contribution in [2.45, 2.75) is 13.5 Å². The molecule has 1 amide bonds. The highest BCUT2D eigenvalue weighted by Gasteiger charge is 2.14. The first-order valence-electron chi connectivity index (χ1n) is 10.9. The van der Waals surface area contributed by atoms with E-state index in [1.807, 2.05) is 25.1 Å². The van der Waals surface area contributed by atoms with Crippen LogP contribution >= 0.6 is 27.5 Å². The zero-order chi connectivity index (χ0) is 25.9. The van der Waals surface area contributed by atoms with Crippen LogP contribution in [0.4, 0.5) is 5.69 Å². The molecule has 3 aromatic carbocycles. The molecule has 0 aliphatic carbocycles. The molecule has 0 spiro atoms. The third-order valence-corrected chi connectivity index (χ3v) is 5.58. The van der Waals surface area contributed by atoms with Crippen LogP contribution in [0.15, 0.2) is 70.7 Å². The van der Waals surface area contributed by atoms with Crippen molar-refractivity contribution < 1.29 is 19.0 Å². The van der Waals surface area contributed by atoms with Gasteiger partial charge in [0.05, 0.1) is 11.1 Å². The minimum Gasteiger partial charge on any atom is -0.490 e. The Morgan fingerprint density at radius 1 is 1.11 bits per heavy atom. The van der Waals surface area contributed by atoms with Crippen LogP contribution in [-0.4, -0.2) is 19.1 Å². The van der Waals surface area contributed by atoms with Gasteiger partial charge >= 0.3 is 0 Å². The van der Waals surface area contributed by atoms with Gasteiger partial charge in [0, 0.05) is 10.7 Å². The number of terminal acetylenes is 1. The van der Waals surface area contributed by atoms with Gasteiger partial charge in [-0.3, -0.25) is 4.79 Å². The number of ether oxygens (including phenoxy) is 3. The third-order valence-electron chi connectivity index (χ3n) is 4.74. The fourth-order valence-electron chi connectivity index (χ4n) is 3.08. The number of carbonyl (C=O) groups is 1. The molecule has 3 aromatic rings. The van der Waals surface area contributed by atoms with Crippen molar-refractivity contribution in [3.63, 3.8) is 0 Å². The van der Waals surface area contributed by atoms with E-state index in [9.17, 15) is 10.1 Å². The summed E-state index contributed by atoms with van der Waals surface area (Å²) in [6, 6.07) is 19.6. The molecule has 0 saturated carbocycles. The summed E-state index contributed by atoms with van der Waals surface area (Å²) in [5.41, 5.74) is 2.00. The fourth-order valence-corrected chi connectivity index (χ4v) is 3.78. The number of benzene rings is 3. The Morgan fingerprint density at radius 3 is 2.47 bits per heavy atom. The molecule has 0 radical (unpaired) electrons. The van der Waals surface area contributed by atoms with Gasteiger partial charge in [-0.1, -0.05) is 29.7 Å². The van der Waals surface area contributed by atoms with Gasteiger partial charge in [0.2, 0.25) is 0 Å². The Morgan fingerprint density at radius 2 is 1.83 bits per heavy atom. The van der Waals surface area contributed by atoms with Crippen LogP contribution in [0.25, 0.3) is 6.08 Å². The van der Waals surface area contributed by atoms with E-state index < -0.39 is 5.91 Å². The lowest BCUT2D eigenvalue weighted by Gasteiger charge is -2.13. The summed E-state index contributed by atoms with van der Waals surface area (Å²) in [4.78, 5) is 12.7. The van der Waals surface area contributed by atoms with E-state index in [4.69, 9.17) is 32.2 Å². The molecular weight excluding hydrogens is 544 g/mol. The summed E-state index contributed by atoms with van der Waals surface area (Å²) in [5.74, 6) is 3.40. The Hall–Kier alpha value is -3.91. The predicted octanol–water partition coefficient (Wildman–Crippen LogP) is 6.64. The van der Waals surface area contributed by atoms with Crippen LogP contribution in [0.3, 0.4) is 0 Å². The first-order valence-corrected chi connectivity index (χ1v) is 12.0. The van der Waals surface area contributed by atoms with Crippen molar-refractivity contribution in [1.82, 2.24) is 0 Å². The lowest BCUT2D eigenvalue weighted by molar-refractivity contribution is -0.112. The van der Waals surface area contributed by atoms with Gasteiger partial charge in [-0.15, -0.1) is 6.42 Å². The molecule has 0 heterocycles. The average Bonchev–Trinajstić information content (AvgIpc) is 2.87. The number of rotatable bonds is 10. The molecule has 0 aliphatic heterocycles. The van der Waals surface area contributed by atoms with Gasteiger partial charge < -0.3 is 19.5 Å². The van der Waals surface area contributed by atoms with Crippen LogP contribution in [0, 0.1) is 23.7 Å². The summed E-state index contributed by atoms with van der Waals surface area (Å²) in [5, 5.41) is 13.0. The highest BCUT2D eigenvalue weighted by atomic mass is 79.9. The van der Waals surface area contributed by atoms with Crippen molar-refractivity contribution >= 4 is 45.2 Å². The molecule has 0 aromatic heterocycles. The Kier molecular flexibility index (Phi) is 9.82. The Bertz CT molecular complexity index is 1320. The number of nitrogens with one attached hydrogen (secondary N) is 1. The Labute approximate surface area is 223 Å². The summed E-state index contributed by atoms with van der Waals surface area (Å²) in [6.07, 6.45) is 6.75. The first-order chi connectivity index (χ1) is 17.4. The average molecular weight is 566 g/mol. The van der Waals surface area contributed by atoms with E-state index in [0.29, 0.717) is 51.2 Å². The van der Waals surface area contributed by atoms with Crippen molar-refractivity contribution in [3.05, 3.63) is 86.9 Å². The quantitative estimate of drug-likeness (QED) is 0.169. The van der Waals surface area contributed by atoms with Crippen molar-refractivity contribution in [2.24, 2.45) is 0 Å². The van der Waals surface area contributed by atoms with E-state index in [2.05, 4.69) is 27.2 Å². The van der Waals surface area contributed by atoms with Crippen LogP contribution < -0.4 is 19.5 Å². The first kappa shape index (κ1) is 26.7. The zero-order valence-electron chi connectivity index (χ0n) is 19.4. The minimum absolute atomic E-state index is 0.0741. The topological polar surface area (TPSA) is 80.6 Å². The number of amides is 1. The number of anilines is 1. The second kappa shape index (κ2) is 13.3. The second-order valence-corrected chi connectivity index (χ2v) is 8.61. The third kappa shape index (κ3) is 7.55. The minimum atomic E-state index is -0.547. The molecule has 0 aliphatic rings. The molecule has 1 N–H and O–H groups in total. The van der Waals surface area contributed by atoms with Crippen LogP contribution in [0.1, 0.15) is 18.1 Å². The standard InChI is InChI=1S/C28H22BrClN2O4/c1-3-13-35-27-25(29)15-20(16-26(27)34-4-2)14-21(17-31)28(33)32-23-9-11-24(12-10-23)36-18-19-5-7-22(30)8-6-19/h1,5-12,14-16H,4,13,18H2,2H3,(H,32,33)/b21-14+. The summed E-state index contributed by atoms with van der Waals surface area (Å²) in [7, 11) is 0. The maximum Gasteiger partial charge on any atom is 0.266 e. The molecule has 0 fully saturated rings. The molecule has 6 nitrogen and oxygen atoms in total. The SMILES string of the molecule is C#CCOc1c(Br)cc(/C=C(\C#N)C(=O)Nc2ccc(OCc3ccc(Cl)cc3)cc2)cc1OCC. The van der Waals surface area contributed by atoms with Gasteiger partial charge in [0.15, 0.2) is 11.5 Å². The molecule has 182 valence electrons. The number of hydrogen-bond donors (Lipinski definition) is 1. The number of nitrogens with zero attached hydrogens (tertiary/aromatic N) is 1. The fraction of sp³-hybridized carbons (Fsp3) is 0.143. The Balaban J connectivity index is 1.69. The maximum absolute atomic E-state index is 12.7. The van der Waals surface area contributed by atoms with E-state index in [-0.39, 0.29) is 12.2 Å². The van der Waals surface area contributed by atoms with E-state index >= 15 is 0 Å². The molecule has 0 saturated heterocycles. The summed E-state index contributed by atoms with van der Waals surface area (Å²) in [6.45, 7) is 2.70. The zero-order valence-corrected chi connectivity index (χ0v) is 21.7. The highest BCUT2D eigenvalue weighted by Crippen LogP contribution is 2.37. The van der Waals surface area contributed by atoms with Gasteiger partial charge in [0.25, 0.3) is 5.91 Å². The van der Waals surface area contributed by atoms with Gasteiger partial charge in [-0.25, -0.2) is 0 Å². The van der Waals surface area contributed by atoms with Crippen molar-refractivity contribution in [1.29, 1.82) is 5.26 Å². The van der Waals surface area contributed by atoms with Crippen molar-refractivity contribution in [3.8, 4) is 35.7 Å². The molecule has 0 bridgehead atoms. The van der Waals surface area contributed by atoms with E-state index in [1.165, 1.54) is 6.08 Å². The second-order valence-electron chi connectivity index (χ2n) is 7.32. The predicted molar refractivity (Wildman–Crippen MR) is 144 cm³/mol. The molecular formula is C28H22BrClN2O4. The molecule has 0 unspecified atom stereocenters. The van der Waals surface area contributed by atoms with Crippen LogP contribution in [0.5, 0.6) is 17.2 Å². The van der Waals surface area contributed by atoms with Gasteiger partial charge in [-0.2, -0.15) is 5.26 Å². The monoisotopic (exact) mass is 564 g/mol. The maximum atomic E-state index is 12.7. The van der Waals surface area contributed by atoms with Crippen LogP contribution in [-0.2, 0) is 11.4 Å². The van der Waals surface area contributed by atoms with E-state index in [1.54, 1.807) is 48.5 Å². The van der Waals surface area contributed by atoms with Gasteiger partial charge in [-0.05, 0) is 88.6 Å². The highest BCUT2D eigenvalue weighted by molar-refractivity contribution is 9.10. The largest absolute Gasteiger partial charge is 0.490 e. The number of carbonyl (C=O) groups excluding carboxylic acids is 1. The molecule has 36 heavy (non-hydrogen) atoms. The number of nitriles is 1. The summed E-state index contributed by atoms with van der Waals surface area (Å²) >= 11 is 9.33. The van der Waals surface area contributed by atoms with Gasteiger partial charge in [0.1, 0.15) is 30.6 Å². The smallest absolute Gasteiger partial charge is 0.266 e. The lowest BCUT2D eigenvalue weighted by atomic mass is 10.1. The molecule has 0 atom stereocenters. The normalized spacial score (nSPS) is 10.6. The summed E-state index contributed by atoms with van der Waals surface area (Å²) < 4.78 is 17.5. The number of halogens is 2. The van der Waals surface area contributed by atoms with Crippen LogP contribution in [0.2, 0.25) is 5.02 Å².